The van der Waals surface area contributed by atoms with Gasteiger partial charge in [-0.2, -0.15) is 0 Å². The summed E-state index contributed by atoms with van der Waals surface area (Å²) in [5, 5.41) is 0. The van der Waals surface area contributed by atoms with E-state index in [1.807, 2.05) is 42.2 Å². The van der Waals surface area contributed by atoms with E-state index in [9.17, 15) is 9.59 Å². The standard InChI is InChI=1S/C24H27N5O2/c1-16-15-28(24(31)19-5-6-19)23-10-20(7-8-22(23)29(16)17(2)30)21(11-25)14-27-13-18-4-3-9-26-12-18/h3-4,7-12,14,16,19H,5-6,13,15,25H2,1-2H3/t16-/m0/s1. The van der Waals surface area contributed by atoms with Crippen molar-refractivity contribution in [3.8, 4) is 0 Å². The molecule has 0 bridgehead atoms. The maximum atomic E-state index is 13.0. The molecule has 31 heavy (non-hydrogen) atoms. The molecule has 1 aliphatic carbocycles. The van der Waals surface area contributed by atoms with Gasteiger partial charge in [-0.1, -0.05) is 12.1 Å². The zero-order chi connectivity index (χ0) is 22.0. The van der Waals surface area contributed by atoms with Gasteiger partial charge in [0.25, 0.3) is 0 Å². The van der Waals surface area contributed by atoms with E-state index >= 15 is 0 Å². The van der Waals surface area contributed by atoms with Gasteiger partial charge in [0.1, 0.15) is 0 Å². The second-order valence-electron chi connectivity index (χ2n) is 8.12. The Balaban J connectivity index is 1.66. The van der Waals surface area contributed by atoms with Gasteiger partial charge in [-0.3, -0.25) is 19.6 Å². The number of hydrogen-bond acceptors (Lipinski definition) is 5. The first-order valence-electron chi connectivity index (χ1n) is 10.6. The van der Waals surface area contributed by atoms with E-state index in [4.69, 9.17) is 5.73 Å². The highest BCUT2D eigenvalue weighted by Gasteiger charge is 2.39. The van der Waals surface area contributed by atoms with Crippen LogP contribution in [-0.2, 0) is 16.1 Å². The molecule has 2 heterocycles. The molecule has 0 radical (unpaired) electrons. The number of aliphatic imine (C=N–C) groups is 1. The second-order valence-corrected chi connectivity index (χ2v) is 8.12. The summed E-state index contributed by atoms with van der Waals surface area (Å²) in [5.74, 6) is 0.197. The van der Waals surface area contributed by atoms with Crippen LogP contribution >= 0.6 is 0 Å². The quantitative estimate of drug-likeness (QED) is 0.757. The number of benzene rings is 1. The van der Waals surface area contributed by atoms with Crippen LogP contribution < -0.4 is 15.5 Å². The second kappa shape index (κ2) is 8.71. The molecule has 1 aliphatic heterocycles. The first kappa shape index (κ1) is 20.8. The van der Waals surface area contributed by atoms with Crippen molar-refractivity contribution in [2.45, 2.75) is 39.3 Å². The summed E-state index contributed by atoms with van der Waals surface area (Å²) in [6.45, 7) is 4.52. The highest BCUT2D eigenvalue weighted by molar-refractivity contribution is 6.11. The number of aromatic nitrogens is 1. The summed E-state index contributed by atoms with van der Waals surface area (Å²) in [4.78, 5) is 37.5. The molecule has 1 fully saturated rings. The smallest absolute Gasteiger partial charge is 0.230 e. The molecule has 0 unspecified atom stereocenters. The van der Waals surface area contributed by atoms with Crippen LogP contribution in [0.25, 0.3) is 5.57 Å². The normalized spacial score (nSPS) is 18.9. The van der Waals surface area contributed by atoms with Crippen molar-refractivity contribution in [2.24, 2.45) is 16.6 Å². The molecule has 1 aromatic carbocycles. The number of amides is 2. The third-order valence-corrected chi connectivity index (χ3v) is 5.69. The summed E-state index contributed by atoms with van der Waals surface area (Å²) in [7, 11) is 0. The van der Waals surface area contributed by atoms with Crippen molar-refractivity contribution < 1.29 is 9.59 Å². The van der Waals surface area contributed by atoms with Gasteiger partial charge in [0.2, 0.25) is 11.8 Å². The molecule has 2 amide bonds. The number of rotatable bonds is 5. The van der Waals surface area contributed by atoms with Gasteiger partial charge in [-0.25, -0.2) is 0 Å². The summed E-state index contributed by atoms with van der Waals surface area (Å²) < 4.78 is 0. The number of pyridine rings is 1. The average molecular weight is 418 g/mol. The molecule has 2 aliphatic rings. The van der Waals surface area contributed by atoms with E-state index in [1.165, 1.54) is 6.20 Å². The molecule has 7 nitrogen and oxygen atoms in total. The van der Waals surface area contributed by atoms with E-state index in [2.05, 4.69) is 9.98 Å². The lowest BCUT2D eigenvalue weighted by Crippen LogP contribution is -2.51. The monoisotopic (exact) mass is 417 g/mol. The van der Waals surface area contributed by atoms with Gasteiger partial charge in [-0.15, -0.1) is 0 Å². The van der Waals surface area contributed by atoms with Crippen molar-refractivity contribution in [2.75, 3.05) is 16.3 Å². The van der Waals surface area contributed by atoms with Crippen LogP contribution in [0.4, 0.5) is 11.4 Å². The van der Waals surface area contributed by atoms with Crippen LogP contribution in [0.3, 0.4) is 0 Å². The zero-order valence-corrected chi connectivity index (χ0v) is 17.9. The minimum atomic E-state index is -0.0795. The highest BCUT2D eigenvalue weighted by atomic mass is 16.2. The number of fused-ring (bicyclic) bond motifs is 1. The minimum absolute atomic E-state index is 0.0346. The Morgan fingerprint density at radius 2 is 2.06 bits per heavy atom. The molecular weight excluding hydrogens is 390 g/mol. The summed E-state index contributed by atoms with van der Waals surface area (Å²) in [5.41, 5.74) is 10.0. The van der Waals surface area contributed by atoms with Crippen LogP contribution in [0.2, 0.25) is 0 Å². The SMILES string of the molecule is CC(=O)N1c2ccc(C(C=NCc3cccnc3)=CN)cc2N(C(=O)C2CC2)C[C@@H]1C. The summed E-state index contributed by atoms with van der Waals surface area (Å²) >= 11 is 0. The number of allylic oxidation sites excluding steroid dienone is 1. The summed E-state index contributed by atoms with van der Waals surface area (Å²) in [6.07, 6.45) is 8.62. The molecule has 0 spiro atoms. The van der Waals surface area contributed by atoms with E-state index in [0.29, 0.717) is 13.1 Å². The maximum absolute atomic E-state index is 13.0. The maximum Gasteiger partial charge on any atom is 0.230 e. The Labute approximate surface area is 182 Å². The van der Waals surface area contributed by atoms with Crippen LogP contribution in [-0.4, -0.2) is 35.6 Å². The van der Waals surface area contributed by atoms with E-state index < -0.39 is 0 Å². The van der Waals surface area contributed by atoms with E-state index in [-0.39, 0.29) is 23.8 Å². The first-order valence-corrected chi connectivity index (χ1v) is 10.6. The summed E-state index contributed by atoms with van der Waals surface area (Å²) in [6, 6.07) is 9.51. The van der Waals surface area contributed by atoms with E-state index in [1.54, 1.807) is 30.4 Å². The fraction of sp³-hybridized carbons (Fsp3) is 0.333. The molecular formula is C24H27N5O2. The Hall–Kier alpha value is -3.48. The molecule has 4 rings (SSSR count). The van der Waals surface area contributed by atoms with Crippen molar-refractivity contribution in [3.05, 3.63) is 60.1 Å². The van der Waals surface area contributed by atoms with Gasteiger partial charge >= 0.3 is 0 Å². The van der Waals surface area contributed by atoms with Crippen molar-refractivity contribution in [3.63, 3.8) is 0 Å². The Morgan fingerprint density at radius 3 is 2.71 bits per heavy atom. The fourth-order valence-corrected chi connectivity index (χ4v) is 4.00. The van der Waals surface area contributed by atoms with Crippen LogP contribution in [0, 0.1) is 5.92 Å². The Bertz CT molecular complexity index is 1040. The van der Waals surface area contributed by atoms with Gasteiger partial charge in [0.15, 0.2) is 0 Å². The highest BCUT2D eigenvalue weighted by Crippen LogP contribution is 2.41. The molecule has 7 heteroatoms. The molecule has 1 aromatic heterocycles. The van der Waals surface area contributed by atoms with Gasteiger partial charge in [0.05, 0.1) is 24.0 Å². The first-order chi connectivity index (χ1) is 15.0. The third-order valence-electron chi connectivity index (χ3n) is 5.69. The van der Waals surface area contributed by atoms with Crippen LogP contribution in [0.1, 0.15) is 37.8 Å². The Morgan fingerprint density at radius 1 is 1.26 bits per heavy atom. The number of carbonyl (C=O) groups is 2. The topological polar surface area (TPSA) is 91.9 Å². The largest absolute Gasteiger partial charge is 0.404 e. The van der Waals surface area contributed by atoms with Crippen molar-refractivity contribution in [1.29, 1.82) is 0 Å². The third kappa shape index (κ3) is 4.35. The lowest BCUT2D eigenvalue weighted by molar-refractivity contribution is -0.120. The van der Waals surface area contributed by atoms with Crippen molar-refractivity contribution in [1.82, 2.24) is 4.98 Å². The predicted octanol–water partition coefficient (Wildman–Crippen LogP) is 3.15. The molecule has 1 atom stereocenters. The number of hydrogen-bond donors (Lipinski definition) is 1. The van der Waals surface area contributed by atoms with Crippen molar-refractivity contribution >= 4 is 35.0 Å². The predicted molar refractivity (Wildman–Crippen MR) is 123 cm³/mol. The van der Waals surface area contributed by atoms with Gasteiger partial charge in [-0.05, 0) is 49.1 Å². The van der Waals surface area contributed by atoms with E-state index in [0.717, 1.165) is 40.9 Å². The lowest BCUT2D eigenvalue weighted by atomic mass is 10.0. The lowest BCUT2D eigenvalue weighted by Gasteiger charge is -2.41. The molecule has 1 saturated carbocycles. The number of nitrogens with two attached hydrogens (primary N) is 1. The molecule has 0 saturated heterocycles. The molecule has 2 N–H and O–H groups in total. The number of anilines is 2. The van der Waals surface area contributed by atoms with Crippen LogP contribution in [0.15, 0.2) is 53.9 Å². The molecule has 2 aromatic rings. The molecule has 160 valence electrons. The number of carbonyl (C=O) groups excluding carboxylic acids is 2. The van der Waals surface area contributed by atoms with Crippen LogP contribution in [0.5, 0.6) is 0 Å². The fourth-order valence-electron chi connectivity index (χ4n) is 4.00. The Kier molecular flexibility index (Phi) is 5.84. The van der Waals surface area contributed by atoms with Gasteiger partial charge in [0, 0.05) is 49.8 Å². The minimum Gasteiger partial charge on any atom is -0.404 e. The average Bonchev–Trinajstić information content (AvgIpc) is 3.61. The van der Waals surface area contributed by atoms with Gasteiger partial charge < -0.3 is 15.5 Å². The number of nitrogens with zero attached hydrogens (tertiary/aromatic N) is 4. The zero-order valence-electron chi connectivity index (χ0n) is 17.9.